The van der Waals surface area contributed by atoms with Gasteiger partial charge in [-0.15, -0.1) is 22.7 Å². The second-order valence-corrected chi connectivity index (χ2v) is 32.4. The van der Waals surface area contributed by atoms with Crippen LogP contribution in [0.4, 0.5) is 0 Å². The Hall–Kier alpha value is -15.5. The number of fused-ring (bicyclic) bond motifs is 16. The number of pyridine rings is 2. The van der Waals surface area contributed by atoms with Crippen LogP contribution in [-0.4, -0.2) is 29.9 Å². The smallest absolute Gasteiger partial charge is 0.162 e. The van der Waals surface area contributed by atoms with Crippen molar-refractivity contribution in [2.75, 3.05) is 0 Å². The van der Waals surface area contributed by atoms with E-state index in [0.717, 1.165) is 178 Å². The van der Waals surface area contributed by atoms with Crippen molar-refractivity contribution in [3.63, 3.8) is 0 Å². The topological polar surface area (TPSA) is 104 Å². The van der Waals surface area contributed by atoms with E-state index in [-0.39, 0.29) is 0 Å². The Morgan fingerprint density at radius 1 is 0.192 bits per heavy atom. The molecule has 0 saturated heterocycles. The zero-order valence-corrected chi connectivity index (χ0v) is 66.1. The van der Waals surface area contributed by atoms with Gasteiger partial charge < -0.3 is 8.83 Å². The van der Waals surface area contributed by atoms with E-state index >= 15 is 0 Å². The lowest BCUT2D eigenvalue weighted by molar-refractivity contribution is 0.668. The summed E-state index contributed by atoms with van der Waals surface area (Å²) < 4.78 is 18.6. The molecule has 560 valence electrons. The zero-order chi connectivity index (χ0) is 79.1. The first-order valence-corrected chi connectivity index (χ1v) is 41.8. The van der Waals surface area contributed by atoms with Crippen LogP contribution in [0.1, 0.15) is 0 Å². The Kier molecular flexibility index (Phi) is 17.1. The number of rotatable bonds is 12. The highest BCUT2D eigenvalue weighted by molar-refractivity contribution is 7.26. The van der Waals surface area contributed by atoms with E-state index in [9.17, 15) is 0 Å². The Bertz CT molecular complexity index is 8130. The maximum Gasteiger partial charge on any atom is 0.162 e. The molecule has 0 aliphatic carbocycles. The van der Waals surface area contributed by atoms with Crippen LogP contribution < -0.4 is 0 Å². The largest absolute Gasteiger partial charge is 0.454 e. The summed E-state index contributed by atoms with van der Waals surface area (Å²) in [6, 6.07) is 140. The van der Waals surface area contributed by atoms with Crippen LogP contribution >= 0.6 is 22.7 Å². The minimum absolute atomic E-state index is 0.664. The van der Waals surface area contributed by atoms with Gasteiger partial charge >= 0.3 is 0 Å². The van der Waals surface area contributed by atoms with Crippen LogP contribution in [0.25, 0.3) is 241 Å². The van der Waals surface area contributed by atoms with Crippen molar-refractivity contribution >= 4 is 129 Å². The lowest BCUT2D eigenvalue weighted by Gasteiger charge is -2.14. The van der Waals surface area contributed by atoms with Gasteiger partial charge in [0.2, 0.25) is 0 Å². The summed E-state index contributed by atoms with van der Waals surface area (Å²) in [5.74, 6) is 1.33. The molecule has 0 atom stereocenters. The number of hydrogen-bond donors (Lipinski definition) is 0. The van der Waals surface area contributed by atoms with Crippen molar-refractivity contribution in [3.05, 3.63) is 400 Å². The number of thiophene rings is 2. The Morgan fingerprint density at radius 3 is 1.05 bits per heavy atom. The fraction of sp³-hybridized carbons (Fsp3) is 0. The number of nitrogens with zero attached hydrogens (tertiary/aromatic N) is 6. The second-order valence-electron chi connectivity index (χ2n) is 30.3. The summed E-state index contributed by atoms with van der Waals surface area (Å²) in [5, 5.41) is 11.5. The first-order chi connectivity index (χ1) is 59.4. The summed E-state index contributed by atoms with van der Waals surface area (Å²) in [5.41, 5.74) is 26.8. The molecular formula is C110H66N6O2S2. The SMILES string of the molecule is c1ccc(-c2ccc(-c3cc(-c4cc(-c5ccc6sc7ccccc7c6c5)cc(-c5nc6ccccc6c6c5oc5ccccc56)c4)nc(-c4ccccc4)n3)cc2)cc1.c1ccc(-c2ccc(-c3cc(-c4cc(-c5nc6ccccc6c6c5oc5ccccc56)cc(-c5cccc6c5sc5ccccc56)c4)nc(-c4ccccc4)n3)cc2)cc1. The first kappa shape index (κ1) is 70.0. The summed E-state index contributed by atoms with van der Waals surface area (Å²) in [6.45, 7) is 0. The van der Waals surface area contributed by atoms with Crippen LogP contribution in [0.2, 0.25) is 0 Å². The minimum atomic E-state index is 0.664. The van der Waals surface area contributed by atoms with Gasteiger partial charge in [-0.1, -0.05) is 303 Å². The Balaban J connectivity index is 0.000000140. The third kappa shape index (κ3) is 12.6. The van der Waals surface area contributed by atoms with E-state index in [1.807, 2.05) is 95.5 Å². The highest BCUT2D eigenvalue weighted by Crippen LogP contribution is 2.48. The zero-order valence-electron chi connectivity index (χ0n) is 64.4. The van der Waals surface area contributed by atoms with Gasteiger partial charge in [0.25, 0.3) is 0 Å². The summed E-state index contributed by atoms with van der Waals surface area (Å²) >= 11 is 3.66. The summed E-state index contributed by atoms with van der Waals surface area (Å²) in [7, 11) is 0. The van der Waals surface area contributed by atoms with Gasteiger partial charge in [0.15, 0.2) is 22.8 Å². The molecule has 8 aromatic heterocycles. The second kappa shape index (κ2) is 29.4. The molecule has 0 N–H and O–H groups in total. The molecule has 24 aromatic rings. The van der Waals surface area contributed by atoms with Crippen LogP contribution in [0, 0.1) is 0 Å². The van der Waals surface area contributed by atoms with E-state index in [2.05, 4.69) is 328 Å². The Labute approximate surface area is 697 Å². The highest BCUT2D eigenvalue weighted by atomic mass is 32.1. The van der Waals surface area contributed by atoms with Crippen molar-refractivity contribution in [3.8, 4) is 135 Å². The molecule has 0 aliphatic rings. The van der Waals surface area contributed by atoms with Gasteiger partial charge in [-0.2, -0.15) is 0 Å². The van der Waals surface area contributed by atoms with E-state index in [1.54, 1.807) is 0 Å². The normalized spacial score (nSPS) is 11.7. The molecule has 0 aliphatic heterocycles. The number of benzene rings is 16. The molecular weight excluding hydrogens is 1500 g/mol. The molecule has 8 heterocycles. The molecule has 0 spiro atoms. The molecule has 0 radical (unpaired) electrons. The van der Waals surface area contributed by atoms with Crippen molar-refractivity contribution in [2.45, 2.75) is 0 Å². The van der Waals surface area contributed by atoms with Crippen molar-refractivity contribution in [1.29, 1.82) is 0 Å². The van der Waals surface area contributed by atoms with Gasteiger partial charge in [0, 0.05) is 117 Å². The minimum Gasteiger partial charge on any atom is -0.454 e. The van der Waals surface area contributed by atoms with Gasteiger partial charge in [-0.25, -0.2) is 29.9 Å². The van der Waals surface area contributed by atoms with Crippen molar-refractivity contribution in [2.24, 2.45) is 0 Å². The highest BCUT2D eigenvalue weighted by Gasteiger charge is 2.25. The third-order valence-electron chi connectivity index (χ3n) is 23.0. The molecule has 10 heteroatoms. The van der Waals surface area contributed by atoms with Crippen molar-refractivity contribution in [1.82, 2.24) is 29.9 Å². The quantitative estimate of drug-likeness (QED) is 0.119. The molecule has 24 rings (SSSR count). The number of furan rings is 2. The summed E-state index contributed by atoms with van der Waals surface area (Å²) in [4.78, 5) is 31.7. The number of para-hydroxylation sites is 4. The van der Waals surface area contributed by atoms with Gasteiger partial charge in [0.1, 0.15) is 22.6 Å². The lowest BCUT2D eigenvalue weighted by Crippen LogP contribution is -1.97. The van der Waals surface area contributed by atoms with Crippen LogP contribution in [-0.2, 0) is 0 Å². The fourth-order valence-corrected chi connectivity index (χ4v) is 19.5. The molecule has 16 aromatic carbocycles. The molecule has 0 bridgehead atoms. The number of aromatic nitrogens is 6. The predicted molar refractivity (Wildman–Crippen MR) is 500 cm³/mol. The van der Waals surface area contributed by atoms with E-state index < -0.39 is 0 Å². The average molecular weight is 1570 g/mol. The van der Waals surface area contributed by atoms with E-state index in [1.165, 1.54) is 51.5 Å². The third-order valence-corrected chi connectivity index (χ3v) is 25.3. The summed E-state index contributed by atoms with van der Waals surface area (Å²) in [6.07, 6.45) is 0. The average Bonchev–Trinajstić information content (AvgIpc) is 1.56. The standard InChI is InChI=1S/2C55H33N3OS/c1-3-14-34(15-4-1)35-26-28-36(29-27-35)47-33-48(58-55(57-47)37-16-5-2-6-17-37)39-30-38(41-21-13-22-43-42-18-9-12-25-50(42)60-54(41)43)31-40(32-39)52-53-51(44-19-7-10-23-46(44)56-52)45-20-8-11-24-49(45)59-53;1-3-13-34(14-4-1)35-23-25-36(26-24-35)47-33-48(58-55(57-47)37-15-5-2-6-16-37)40-29-39(38-27-28-51-45(32-38)42-17-9-12-22-50(42)60-51)30-41(31-40)53-54-52(43-18-7-10-20-46(43)56-53)44-19-8-11-21-49(44)59-54/h2*1-33H. The maximum atomic E-state index is 6.76. The molecule has 8 nitrogen and oxygen atoms in total. The van der Waals surface area contributed by atoms with Crippen molar-refractivity contribution < 1.29 is 8.83 Å². The molecule has 0 saturated carbocycles. The lowest BCUT2D eigenvalue weighted by atomic mass is 9.94. The Morgan fingerprint density at radius 2 is 0.542 bits per heavy atom. The van der Waals surface area contributed by atoms with E-state index in [0.29, 0.717) is 11.6 Å². The van der Waals surface area contributed by atoms with Gasteiger partial charge in [0.05, 0.1) is 33.8 Å². The monoisotopic (exact) mass is 1570 g/mol. The number of hydrogen-bond acceptors (Lipinski definition) is 10. The van der Waals surface area contributed by atoms with E-state index in [4.69, 9.17) is 38.7 Å². The molecule has 0 amide bonds. The van der Waals surface area contributed by atoms with Gasteiger partial charge in [-0.3, -0.25) is 0 Å². The molecule has 120 heavy (non-hydrogen) atoms. The molecule has 0 fully saturated rings. The fourth-order valence-electron chi connectivity index (χ4n) is 17.1. The van der Waals surface area contributed by atoms with Gasteiger partial charge in [-0.05, 0) is 142 Å². The van der Waals surface area contributed by atoms with Crippen LogP contribution in [0.5, 0.6) is 0 Å². The maximum absolute atomic E-state index is 6.76. The first-order valence-electron chi connectivity index (χ1n) is 40.2. The predicted octanol–water partition coefficient (Wildman–Crippen LogP) is 30.6. The molecule has 0 unspecified atom stereocenters. The van der Waals surface area contributed by atoms with Crippen LogP contribution in [0.15, 0.2) is 409 Å². The van der Waals surface area contributed by atoms with Crippen LogP contribution in [0.3, 0.4) is 0 Å².